The van der Waals surface area contributed by atoms with E-state index in [2.05, 4.69) is 36.6 Å². The van der Waals surface area contributed by atoms with E-state index in [9.17, 15) is 0 Å². The molecule has 1 aliphatic carbocycles. The van der Waals surface area contributed by atoms with Gasteiger partial charge >= 0.3 is 0 Å². The molecule has 0 amide bonds. The maximum atomic E-state index is 4.79. The van der Waals surface area contributed by atoms with Gasteiger partial charge in [0.05, 0.1) is 6.54 Å². The summed E-state index contributed by atoms with van der Waals surface area (Å²) in [5.74, 6) is 2.21. The molecule has 0 saturated carbocycles. The van der Waals surface area contributed by atoms with Gasteiger partial charge in [0.1, 0.15) is 0 Å². The standard InChI is InChI=1S/C9H10.C3H5N.C2H6/c1-2-5-9-7-3-6-8(9)4-1;1-2-3-4;1-2/h1-2,4-5H,3,6-7H2;1H,3-4H2;1-2H3. The minimum Gasteiger partial charge on any atom is -0.320 e. The van der Waals surface area contributed by atoms with E-state index in [1.165, 1.54) is 19.3 Å². The van der Waals surface area contributed by atoms with E-state index in [0.717, 1.165) is 0 Å². The molecule has 0 heterocycles. The molecule has 0 unspecified atom stereocenters. The molecule has 0 aromatic heterocycles. The Bertz CT molecular complexity index is 273. The normalized spacial score (nSPS) is 11.1. The van der Waals surface area contributed by atoms with Crippen molar-refractivity contribution in [1.29, 1.82) is 0 Å². The van der Waals surface area contributed by atoms with Crippen molar-refractivity contribution in [2.75, 3.05) is 6.54 Å². The number of nitrogens with two attached hydrogens (primary N) is 1. The first-order valence-corrected chi connectivity index (χ1v) is 5.58. The van der Waals surface area contributed by atoms with Crippen LogP contribution in [-0.4, -0.2) is 6.54 Å². The first-order chi connectivity index (χ1) is 7.38. The highest BCUT2D eigenvalue weighted by Crippen LogP contribution is 2.20. The van der Waals surface area contributed by atoms with E-state index < -0.39 is 0 Å². The third kappa shape index (κ3) is 5.24. The molecular formula is C14H21N. The molecule has 15 heavy (non-hydrogen) atoms. The molecule has 2 rings (SSSR count). The van der Waals surface area contributed by atoms with Gasteiger partial charge in [0.15, 0.2) is 0 Å². The summed E-state index contributed by atoms with van der Waals surface area (Å²) >= 11 is 0. The number of hydrogen-bond donors (Lipinski definition) is 1. The summed E-state index contributed by atoms with van der Waals surface area (Å²) in [6.45, 7) is 4.35. The molecule has 1 aliphatic rings. The van der Waals surface area contributed by atoms with E-state index in [1.807, 2.05) is 13.8 Å². The minimum absolute atomic E-state index is 0.347. The lowest BCUT2D eigenvalue weighted by molar-refractivity contribution is 0.912. The largest absolute Gasteiger partial charge is 0.320 e. The fourth-order valence-electron chi connectivity index (χ4n) is 1.51. The van der Waals surface area contributed by atoms with Crippen LogP contribution in [0.4, 0.5) is 0 Å². The second-order valence-electron chi connectivity index (χ2n) is 3.03. The van der Waals surface area contributed by atoms with Crippen LogP contribution in [0.25, 0.3) is 0 Å². The lowest BCUT2D eigenvalue weighted by Gasteiger charge is -1.93. The molecule has 0 aliphatic heterocycles. The second-order valence-corrected chi connectivity index (χ2v) is 3.03. The third-order valence-electron chi connectivity index (χ3n) is 2.13. The number of hydrogen-bond acceptors (Lipinski definition) is 1. The van der Waals surface area contributed by atoms with E-state index in [4.69, 9.17) is 5.73 Å². The molecule has 1 nitrogen and oxygen atoms in total. The maximum absolute atomic E-state index is 4.79. The SMILES string of the molecule is C#CCN.CC.c1ccc2c(c1)CCC2. The zero-order valence-electron chi connectivity index (χ0n) is 9.79. The van der Waals surface area contributed by atoms with Crippen molar-refractivity contribution in [1.82, 2.24) is 0 Å². The van der Waals surface area contributed by atoms with Gasteiger partial charge in [-0.15, -0.1) is 6.42 Å². The van der Waals surface area contributed by atoms with Gasteiger partial charge in [-0.3, -0.25) is 0 Å². The Hall–Kier alpha value is -1.26. The molecule has 0 radical (unpaired) electrons. The summed E-state index contributed by atoms with van der Waals surface area (Å²) in [6.07, 6.45) is 8.62. The van der Waals surface area contributed by atoms with Gasteiger partial charge in [0.25, 0.3) is 0 Å². The number of fused-ring (bicyclic) bond motifs is 1. The highest BCUT2D eigenvalue weighted by molar-refractivity contribution is 5.30. The number of rotatable bonds is 0. The average Bonchev–Trinajstić information content (AvgIpc) is 2.80. The Labute approximate surface area is 93.7 Å². The molecule has 1 aromatic rings. The zero-order chi connectivity index (χ0) is 11.5. The predicted octanol–water partition coefficient (Wildman–Crippen LogP) is 2.78. The van der Waals surface area contributed by atoms with Crippen LogP contribution in [0.3, 0.4) is 0 Å². The smallest absolute Gasteiger partial charge is 0.0548 e. The average molecular weight is 203 g/mol. The van der Waals surface area contributed by atoms with Gasteiger partial charge < -0.3 is 5.73 Å². The van der Waals surface area contributed by atoms with Gasteiger partial charge in [0, 0.05) is 0 Å². The van der Waals surface area contributed by atoms with Crippen molar-refractivity contribution in [2.45, 2.75) is 33.1 Å². The van der Waals surface area contributed by atoms with Crippen LogP contribution in [0.5, 0.6) is 0 Å². The van der Waals surface area contributed by atoms with Gasteiger partial charge in [-0.25, -0.2) is 0 Å². The number of benzene rings is 1. The fraction of sp³-hybridized carbons (Fsp3) is 0.429. The summed E-state index contributed by atoms with van der Waals surface area (Å²) in [5.41, 5.74) is 7.93. The molecule has 0 atom stereocenters. The Balaban J connectivity index is 0.000000282. The van der Waals surface area contributed by atoms with Crippen LogP contribution in [0, 0.1) is 12.3 Å². The van der Waals surface area contributed by atoms with Crippen molar-refractivity contribution in [3.8, 4) is 12.3 Å². The van der Waals surface area contributed by atoms with Crippen molar-refractivity contribution >= 4 is 0 Å². The highest BCUT2D eigenvalue weighted by atomic mass is 14.5. The number of terminal acetylenes is 1. The third-order valence-corrected chi connectivity index (χ3v) is 2.13. The lowest BCUT2D eigenvalue weighted by atomic mass is 10.1. The predicted molar refractivity (Wildman–Crippen MR) is 67.7 cm³/mol. The summed E-state index contributed by atoms with van der Waals surface area (Å²) in [7, 11) is 0. The molecule has 0 fully saturated rings. The van der Waals surface area contributed by atoms with E-state index in [0.29, 0.717) is 6.54 Å². The molecule has 2 N–H and O–H groups in total. The Morgan fingerprint density at radius 3 is 1.93 bits per heavy atom. The Morgan fingerprint density at radius 1 is 1.20 bits per heavy atom. The van der Waals surface area contributed by atoms with Crippen molar-refractivity contribution in [3.05, 3.63) is 35.4 Å². The molecule has 0 bridgehead atoms. The summed E-state index contributed by atoms with van der Waals surface area (Å²) in [5, 5.41) is 0. The summed E-state index contributed by atoms with van der Waals surface area (Å²) < 4.78 is 0. The van der Waals surface area contributed by atoms with Crippen molar-refractivity contribution in [3.63, 3.8) is 0 Å². The van der Waals surface area contributed by atoms with Gasteiger partial charge in [0.2, 0.25) is 0 Å². The molecule has 1 aromatic carbocycles. The van der Waals surface area contributed by atoms with Crippen LogP contribution in [0.1, 0.15) is 31.4 Å². The molecule has 0 spiro atoms. The van der Waals surface area contributed by atoms with Crippen LogP contribution in [-0.2, 0) is 12.8 Å². The van der Waals surface area contributed by atoms with E-state index in [-0.39, 0.29) is 0 Å². The number of aryl methyl sites for hydroxylation is 2. The summed E-state index contributed by atoms with van der Waals surface area (Å²) in [4.78, 5) is 0. The monoisotopic (exact) mass is 203 g/mol. The minimum atomic E-state index is 0.347. The van der Waals surface area contributed by atoms with Crippen LogP contribution in [0.15, 0.2) is 24.3 Å². The van der Waals surface area contributed by atoms with Gasteiger partial charge in [-0.1, -0.05) is 44.0 Å². The second kappa shape index (κ2) is 9.30. The fourth-order valence-corrected chi connectivity index (χ4v) is 1.51. The van der Waals surface area contributed by atoms with Crippen LogP contribution >= 0.6 is 0 Å². The topological polar surface area (TPSA) is 26.0 Å². The molecular weight excluding hydrogens is 182 g/mol. The van der Waals surface area contributed by atoms with Gasteiger partial charge in [-0.2, -0.15) is 0 Å². The quantitative estimate of drug-likeness (QED) is 0.645. The first kappa shape index (κ1) is 13.7. The zero-order valence-corrected chi connectivity index (χ0v) is 9.79. The molecule has 1 heteroatoms. The first-order valence-electron chi connectivity index (χ1n) is 5.58. The van der Waals surface area contributed by atoms with Crippen molar-refractivity contribution in [2.24, 2.45) is 5.73 Å². The van der Waals surface area contributed by atoms with Crippen molar-refractivity contribution < 1.29 is 0 Å². The van der Waals surface area contributed by atoms with E-state index >= 15 is 0 Å². The molecule has 0 saturated heterocycles. The summed E-state index contributed by atoms with van der Waals surface area (Å²) in [6, 6.07) is 8.74. The lowest BCUT2D eigenvalue weighted by Crippen LogP contribution is -1.91. The maximum Gasteiger partial charge on any atom is 0.0548 e. The Kier molecular flexibility index (Phi) is 8.52. The van der Waals surface area contributed by atoms with Gasteiger partial charge in [-0.05, 0) is 30.4 Å². The van der Waals surface area contributed by atoms with Crippen LogP contribution in [0.2, 0.25) is 0 Å². The van der Waals surface area contributed by atoms with Crippen LogP contribution < -0.4 is 5.73 Å². The van der Waals surface area contributed by atoms with E-state index in [1.54, 1.807) is 11.1 Å². The molecule has 82 valence electrons. The Morgan fingerprint density at radius 2 is 1.60 bits per heavy atom. The highest BCUT2D eigenvalue weighted by Gasteiger charge is 2.07.